The van der Waals surface area contributed by atoms with Crippen LogP contribution in [0, 0.1) is 23.2 Å². The molecule has 4 aliphatic carbocycles. The third-order valence-corrected chi connectivity index (χ3v) is 5.54. The van der Waals surface area contributed by atoms with Gasteiger partial charge in [0.2, 0.25) is 5.11 Å². The van der Waals surface area contributed by atoms with Crippen LogP contribution in [0.15, 0.2) is 9.98 Å². The van der Waals surface area contributed by atoms with Crippen LogP contribution in [0.3, 0.4) is 0 Å². The lowest BCUT2D eigenvalue weighted by atomic mass is 9.48. The molecule has 4 fully saturated rings. The van der Waals surface area contributed by atoms with Crippen LogP contribution in [0.5, 0.6) is 0 Å². The first-order chi connectivity index (χ1) is 8.14. The van der Waals surface area contributed by atoms with Gasteiger partial charge in [0.1, 0.15) is 0 Å². The Balaban J connectivity index is 1.76. The fourth-order valence-corrected chi connectivity index (χ4v) is 5.53. The summed E-state index contributed by atoms with van der Waals surface area (Å²) in [6, 6.07) is 0. The second-order valence-electron chi connectivity index (χ2n) is 6.64. The lowest BCUT2D eigenvalue weighted by Crippen LogP contribution is -2.51. The summed E-state index contributed by atoms with van der Waals surface area (Å²) in [7, 11) is 0. The van der Waals surface area contributed by atoms with Crippen LogP contribution in [-0.2, 0) is 0 Å². The monoisotopic (exact) mass is 246 g/mol. The molecule has 0 atom stereocenters. The van der Waals surface area contributed by atoms with Gasteiger partial charge in [-0.2, -0.15) is 0 Å². The molecule has 4 bridgehead atoms. The fourth-order valence-electron chi connectivity index (χ4n) is 5.30. The molecular weight excluding hydrogens is 228 g/mol. The lowest BCUT2D eigenvalue weighted by Gasteiger charge is -2.56. The molecule has 0 N–H and O–H groups in total. The summed E-state index contributed by atoms with van der Waals surface area (Å²) in [5, 5.41) is 0.563. The van der Waals surface area contributed by atoms with Gasteiger partial charge < -0.3 is 0 Å². The van der Waals surface area contributed by atoms with E-state index in [9.17, 15) is 0 Å². The molecule has 0 saturated heterocycles. The normalized spacial score (nSPS) is 47.4. The molecule has 17 heavy (non-hydrogen) atoms. The molecule has 0 aromatic heterocycles. The number of nitrogens with zero attached hydrogens (tertiary/aromatic N) is 2. The smallest absolute Gasteiger partial charge is 0.219 e. The van der Waals surface area contributed by atoms with E-state index in [1.165, 1.54) is 44.2 Å². The maximum absolute atomic E-state index is 5.15. The average Bonchev–Trinajstić information content (AvgIpc) is 2.56. The molecule has 3 heteroatoms. The van der Waals surface area contributed by atoms with E-state index in [1.54, 1.807) is 0 Å². The van der Waals surface area contributed by atoms with Crippen molar-refractivity contribution in [3.05, 3.63) is 0 Å². The van der Waals surface area contributed by atoms with Crippen molar-refractivity contribution in [1.29, 1.82) is 0 Å². The van der Waals surface area contributed by atoms with Crippen molar-refractivity contribution in [2.45, 2.75) is 45.4 Å². The zero-order valence-electron chi connectivity index (χ0n) is 10.3. The van der Waals surface area contributed by atoms with Crippen LogP contribution in [0.1, 0.15) is 45.4 Å². The molecule has 1 heterocycles. The van der Waals surface area contributed by atoms with Crippen LogP contribution < -0.4 is 0 Å². The highest BCUT2D eigenvalue weighted by Gasteiger charge is 2.54. The van der Waals surface area contributed by atoms with Crippen molar-refractivity contribution in [1.82, 2.24) is 0 Å². The largest absolute Gasteiger partial charge is 0.222 e. The van der Waals surface area contributed by atoms with Crippen molar-refractivity contribution in [2.75, 3.05) is 0 Å². The molecular formula is C14H18N2S. The summed E-state index contributed by atoms with van der Waals surface area (Å²) < 4.78 is 0. The molecule has 2 nitrogen and oxygen atoms in total. The van der Waals surface area contributed by atoms with Crippen LogP contribution in [-0.4, -0.2) is 16.5 Å². The van der Waals surface area contributed by atoms with Gasteiger partial charge in [-0.3, -0.25) is 0 Å². The van der Waals surface area contributed by atoms with Gasteiger partial charge in [0.25, 0.3) is 0 Å². The Morgan fingerprint density at radius 1 is 1.00 bits per heavy atom. The van der Waals surface area contributed by atoms with E-state index in [-0.39, 0.29) is 0 Å². The second kappa shape index (κ2) is 3.25. The van der Waals surface area contributed by atoms with Crippen molar-refractivity contribution in [3.63, 3.8) is 0 Å². The van der Waals surface area contributed by atoms with Crippen LogP contribution >= 0.6 is 12.2 Å². The van der Waals surface area contributed by atoms with Crippen molar-refractivity contribution < 1.29 is 0 Å². The second-order valence-corrected chi connectivity index (χ2v) is 7.00. The molecule has 0 aromatic rings. The van der Waals surface area contributed by atoms with Crippen molar-refractivity contribution in [3.8, 4) is 0 Å². The Hall–Kier alpha value is -0.570. The number of aliphatic imine (C=N–C) groups is 2. The summed E-state index contributed by atoms with van der Waals surface area (Å²) >= 11 is 5.15. The van der Waals surface area contributed by atoms with Gasteiger partial charge in [-0.15, -0.1) is 0 Å². The van der Waals surface area contributed by atoms with E-state index in [2.05, 4.69) is 16.9 Å². The number of hydrogen-bond acceptors (Lipinski definition) is 1. The first-order valence-corrected chi connectivity index (χ1v) is 7.24. The third-order valence-electron chi connectivity index (χ3n) is 5.35. The van der Waals surface area contributed by atoms with E-state index in [0.717, 1.165) is 23.5 Å². The number of rotatable bonds is 1. The molecule has 1 aliphatic heterocycles. The molecule has 0 radical (unpaired) electrons. The van der Waals surface area contributed by atoms with Crippen LogP contribution in [0.4, 0.5) is 0 Å². The van der Waals surface area contributed by atoms with Crippen LogP contribution in [0.25, 0.3) is 0 Å². The van der Waals surface area contributed by atoms with Gasteiger partial charge in [0.05, 0.1) is 11.4 Å². The standard InChI is InChI=1S/C14H18N2S/c1-8-12(16-13(17)15-8)14-5-9-2-10(6-14)4-11(3-9)7-14/h9-11H,2-7H2,1H3. The lowest BCUT2D eigenvalue weighted by molar-refractivity contribution is -0.0111. The Bertz CT molecular complexity index is 426. The van der Waals surface area contributed by atoms with Gasteiger partial charge >= 0.3 is 0 Å². The topological polar surface area (TPSA) is 24.7 Å². The van der Waals surface area contributed by atoms with Crippen molar-refractivity contribution >= 4 is 28.8 Å². The fraction of sp³-hybridized carbons (Fsp3) is 0.786. The highest BCUT2D eigenvalue weighted by atomic mass is 32.1. The predicted molar refractivity (Wildman–Crippen MR) is 73.7 cm³/mol. The van der Waals surface area contributed by atoms with Crippen molar-refractivity contribution in [2.24, 2.45) is 33.2 Å². The maximum atomic E-state index is 5.15. The minimum atomic E-state index is 0.364. The zero-order valence-corrected chi connectivity index (χ0v) is 11.1. The van der Waals surface area contributed by atoms with E-state index < -0.39 is 0 Å². The SMILES string of the molecule is CC1=NC(=S)N=C1C12CC3CC(CC(C3)C1)C2. The predicted octanol–water partition coefficient (Wildman–Crippen LogP) is 3.40. The van der Waals surface area contributed by atoms with Gasteiger partial charge in [-0.05, 0) is 75.4 Å². The highest BCUT2D eigenvalue weighted by Crippen LogP contribution is 2.60. The Labute approximate surface area is 108 Å². The van der Waals surface area contributed by atoms with Crippen LogP contribution in [0.2, 0.25) is 0 Å². The first kappa shape index (κ1) is 10.4. The zero-order chi connectivity index (χ0) is 11.6. The minimum Gasteiger partial charge on any atom is -0.222 e. The molecule has 90 valence electrons. The highest BCUT2D eigenvalue weighted by molar-refractivity contribution is 7.80. The van der Waals surface area contributed by atoms with Gasteiger partial charge in [-0.25, -0.2) is 9.98 Å². The molecule has 4 saturated carbocycles. The molecule has 0 unspecified atom stereocenters. The van der Waals surface area contributed by atoms with E-state index >= 15 is 0 Å². The average molecular weight is 246 g/mol. The maximum Gasteiger partial charge on any atom is 0.219 e. The molecule has 0 amide bonds. The first-order valence-electron chi connectivity index (χ1n) is 6.83. The Kier molecular flexibility index (Phi) is 1.98. The molecule has 0 spiro atoms. The van der Waals surface area contributed by atoms with E-state index in [4.69, 9.17) is 12.2 Å². The van der Waals surface area contributed by atoms with Gasteiger partial charge in [-0.1, -0.05) is 0 Å². The molecule has 0 aromatic carbocycles. The summed E-state index contributed by atoms with van der Waals surface area (Å²) in [4.78, 5) is 8.98. The summed E-state index contributed by atoms with van der Waals surface area (Å²) in [6.45, 7) is 2.09. The van der Waals surface area contributed by atoms with Gasteiger partial charge in [0, 0.05) is 5.41 Å². The third kappa shape index (κ3) is 1.41. The molecule has 5 rings (SSSR count). The Morgan fingerprint density at radius 3 is 1.94 bits per heavy atom. The summed E-state index contributed by atoms with van der Waals surface area (Å²) in [6.07, 6.45) is 8.50. The van der Waals surface area contributed by atoms with E-state index in [1.807, 2.05) is 0 Å². The van der Waals surface area contributed by atoms with Gasteiger partial charge in [0.15, 0.2) is 0 Å². The number of hydrogen-bond donors (Lipinski definition) is 0. The minimum absolute atomic E-state index is 0.364. The van der Waals surface area contributed by atoms with E-state index in [0.29, 0.717) is 10.5 Å². The Morgan fingerprint density at radius 2 is 1.53 bits per heavy atom. The quantitative estimate of drug-likeness (QED) is 0.651. The molecule has 5 aliphatic rings. The summed E-state index contributed by atoms with van der Waals surface area (Å²) in [5.41, 5.74) is 2.74. The number of thiocarbonyl (C=S) groups is 1. The summed E-state index contributed by atoms with van der Waals surface area (Å²) in [5.74, 6) is 2.89.